The third-order valence-corrected chi connectivity index (χ3v) is 7.55. The third kappa shape index (κ3) is 5.24. The molecule has 0 atom stereocenters. The monoisotopic (exact) mass is 423 g/mol. The molecule has 2 heterocycles. The van der Waals surface area contributed by atoms with E-state index in [1.807, 2.05) is 29.2 Å². The Morgan fingerprint density at radius 2 is 1.86 bits per heavy atom. The predicted molar refractivity (Wildman–Crippen MR) is 111 cm³/mol. The number of hydrogen-bond donors (Lipinski definition) is 1. The molecule has 1 saturated heterocycles. The Morgan fingerprint density at radius 3 is 2.46 bits per heavy atom. The van der Waals surface area contributed by atoms with Crippen molar-refractivity contribution in [1.82, 2.24) is 9.62 Å². The van der Waals surface area contributed by atoms with Crippen molar-refractivity contribution in [2.75, 3.05) is 44.7 Å². The van der Waals surface area contributed by atoms with Crippen LogP contribution in [-0.2, 0) is 14.8 Å². The van der Waals surface area contributed by atoms with Crippen molar-refractivity contribution in [2.24, 2.45) is 0 Å². The van der Waals surface area contributed by atoms with Gasteiger partial charge in [-0.15, -0.1) is 11.3 Å². The molecule has 28 heavy (non-hydrogen) atoms. The van der Waals surface area contributed by atoms with E-state index in [-0.39, 0.29) is 12.5 Å². The average Bonchev–Trinajstić information content (AvgIpc) is 3.27. The van der Waals surface area contributed by atoms with Gasteiger partial charge in [-0.3, -0.25) is 4.79 Å². The molecule has 0 aliphatic carbocycles. The van der Waals surface area contributed by atoms with Crippen molar-refractivity contribution in [2.45, 2.75) is 17.1 Å². The van der Waals surface area contributed by atoms with Gasteiger partial charge in [-0.2, -0.15) is 0 Å². The van der Waals surface area contributed by atoms with Crippen LogP contribution in [0.4, 0.5) is 5.69 Å². The fourth-order valence-corrected chi connectivity index (χ4v) is 5.21. The quantitative estimate of drug-likeness (QED) is 0.659. The number of thiophene rings is 1. The highest BCUT2D eigenvalue weighted by Gasteiger charge is 2.21. The van der Waals surface area contributed by atoms with Crippen molar-refractivity contribution in [3.05, 3.63) is 41.8 Å². The topological polar surface area (TPSA) is 79.0 Å². The molecule has 0 spiro atoms. The molecule has 1 aromatic carbocycles. The van der Waals surface area contributed by atoms with Crippen molar-refractivity contribution in [3.8, 4) is 5.75 Å². The largest absolute Gasteiger partial charge is 0.497 e. The molecule has 3 rings (SSSR count). The number of ether oxygens (including phenoxy) is 1. The van der Waals surface area contributed by atoms with E-state index in [9.17, 15) is 13.2 Å². The minimum Gasteiger partial charge on any atom is -0.497 e. The number of amides is 1. The summed E-state index contributed by atoms with van der Waals surface area (Å²) in [5, 5.41) is 1.73. The van der Waals surface area contributed by atoms with E-state index in [1.54, 1.807) is 24.6 Å². The highest BCUT2D eigenvalue weighted by Crippen LogP contribution is 2.21. The summed E-state index contributed by atoms with van der Waals surface area (Å²) in [7, 11) is -1.81. The zero-order valence-corrected chi connectivity index (χ0v) is 17.5. The maximum absolute atomic E-state index is 12.4. The minimum atomic E-state index is -3.45. The summed E-state index contributed by atoms with van der Waals surface area (Å²) in [5.41, 5.74) is 1.12. The van der Waals surface area contributed by atoms with E-state index in [0.29, 0.717) is 30.1 Å². The molecular weight excluding hydrogens is 398 g/mol. The SMILES string of the molecule is COc1ccc(N2CCN(C(=O)CCCNS(=O)(=O)c3cccs3)CC2)cc1. The van der Waals surface area contributed by atoms with Gasteiger partial charge in [0.05, 0.1) is 7.11 Å². The van der Waals surface area contributed by atoms with E-state index in [4.69, 9.17) is 4.74 Å². The standard InChI is InChI=1S/C19H25N3O4S2/c1-26-17-8-6-16(7-9-17)21-11-13-22(14-12-21)18(23)4-2-10-20-28(24,25)19-5-3-15-27-19/h3,5-9,15,20H,2,4,10-14H2,1H3. The van der Waals surface area contributed by atoms with Crippen LogP contribution < -0.4 is 14.4 Å². The fourth-order valence-electron chi connectivity index (χ4n) is 3.10. The second-order valence-electron chi connectivity index (χ2n) is 6.50. The Hall–Kier alpha value is -2.10. The number of nitrogens with zero attached hydrogens (tertiary/aromatic N) is 2. The van der Waals surface area contributed by atoms with E-state index < -0.39 is 10.0 Å². The molecule has 0 radical (unpaired) electrons. The summed E-state index contributed by atoms with van der Waals surface area (Å²) < 4.78 is 32.1. The molecule has 1 aliphatic rings. The second kappa shape index (κ2) is 9.40. The summed E-state index contributed by atoms with van der Waals surface area (Å²) in [4.78, 5) is 16.5. The summed E-state index contributed by atoms with van der Waals surface area (Å²) >= 11 is 1.18. The molecule has 1 amide bonds. The van der Waals surface area contributed by atoms with E-state index >= 15 is 0 Å². The Balaban J connectivity index is 1.39. The lowest BCUT2D eigenvalue weighted by Crippen LogP contribution is -2.48. The average molecular weight is 424 g/mol. The van der Waals surface area contributed by atoms with Crippen LogP contribution in [0.15, 0.2) is 46.0 Å². The Labute approximate surface area is 170 Å². The molecule has 7 nitrogen and oxygen atoms in total. The molecular formula is C19H25N3O4S2. The summed E-state index contributed by atoms with van der Waals surface area (Å²) in [5.74, 6) is 0.900. The van der Waals surface area contributed by atoms with Crippen molar-refractivity contribution >= 4 is 33.0 Å². The van der Waals surface area contributed by atoms with Crippen LogP contribution in [0.3, 0.4) is 0 Å². The number of carbonyl (C=O) groups excluding carboxylic acids is 1. The van der Waals surface area contributed by atoms with Gasteiger partial charge in [0.1, 0.15) is 9.96 Å². The van der Waals surface area contributed by atoms with Gasteiger partial charge in [-0.05, 0) is 42.1 Å². The first-order chi connectivity index (χ1) is 13.5. The Kier molecular flexibility index (Phi) is 6.93. The highest BCUT2D eigenvalue weighted by atomic mass is 32.2. The number of rotatable bonds is 8. The van der Waals surface area contributed by atoms with Gasteiger partial charge in [-0.1, -0.05) is 6.07 Å². The lowest BCUT2D eigenvalue weighted by atomic mass is 10.2. The predicted octanol–water partition coefficient (Wildman–Crippen LogP) is 2.16. The summed E-state index contributed by atoms with van der Waals surface area (Å²) in [6, 6.07) is 11.2. The lowest BCUT2D eigenvalue weighted by Gasteiger charge is -2.36. The van der Waals surface area contributed by atoms with Crippen molar-refractivity contribution in [3.63, 3.8) is 0 Å². The van der Waals surface area contributed by atoms with Crippen molar-refractivity contribution < 1.29 is 17.9 Å². The van der Waals surface area contributed by atoms with Gasteiger partial charge < -0.3 is 14.5 Å². The third-order valence-electron chi connectivity index (χ3n) is 4.69. The van der Waals surface area contributed by atoms with E-state index in [2.05, 4.69) is 9.62 Å². The molecule has 0 bridgehead atoms. The van der Waals surface area contributed by atoms with Crippen molar-refractivity contribution in [1.29, 1.82) is 0 Å². The van der Waals surface area contributed by atoms with Crippen LogP contribution in [0.1, 0.15) is 12.8 Å². The first kappa shape index (κ1) is 20.6. The molecule has 2 aromatic rings. The van der Waals surface area contributed by atoms with Gasteiger partial charge in [0.25, 0.3) is 0 Å². The summed E-state index contributed by atoms with van der Waals surface area (Å²) in [6.45, 7) is 3.17. The Morgan fingerprint density at radius 1 is 1.14 bits per heavy atom. The van der Waals surface area contributed by atoms with Crippen LogP contribution in [0.25, 0.3) is 0 Å². The molecule has 152 valence electrons. The number of benzene rings is 1. The number of nitrogens with one attached hydrogen (secondary N) is 1. The minimum absolute atomic E-state index is 0.0738. The maximum Gasteiger partial charge on any atom is 0.250 e. The molecule has 0 unspecified atom stereocenters. The molecule has 1 fully saturated rings. The number of anilines is 1. The normalized spacial score (nSPS) is 14.9. The van der Waals surface area contributed by atoms with E-state index in [1.165, 1.54) is 11.3 Å². The number of carbonyl (C=O) groups is 1. The smallest absolute Gasteiger partial charge is 0.250 e. The van der Waals surface area contributed by atoms with Gasteiger partial charge >= 0.3 is 0 Å². The van der Waals surface area contributed by atoms with Crippen LogP contribution in [0, 0.1) is 0 Å². The number of sulfonamides is 1. The molecule has 9 heteroatoms. The first-order valence-corrected chi connectivity index (χ1v) is 11.6. The van der Waals surface area contributed by atoms with Gasteiger partial charge in [0, 0.05) is 44.8 Å². The molecule has 1 aliphatic heterocycles. The zero-order valence-electron chi connectivity index (χ0n) is 15.8. The second-order valence-corrected chi connectivity index (χ2v) is 9.44. The lowest BCUT2D eigenvalue weighted by molar-refractivity contribution is -0.131. The molecule has 1 aromatic heterocycles. The van der Waals surface area contributed by atoms with Gasteiger partial charge in [0.15, 0.2) is 0 Å². The van der Waals surface area contributed by atoms with E-state index in [0.717, 1.165) is 24.5 Å². The number of methoxy groups -OCH3 is 1. The Bertz CT molecular complexity index is 859. The van der Waals surface area contributed by atoms with Gasteiger partial charge in [0.2, 0.25) is 15.9 Å². The number of hydrogen-bond acceptors (Lipinski definition) is 6. The molecule has 0 saturated carbocycles. The van der Waals surface area contributed by atoms with Crippen LogP contribution >= 0.6 is 11.3 Å². The highest BCUT2D eigenvalue weighted by molar-refractivity contribution is 7.91. The molecule has 1 N–H and O–H groups in total. The first-order valence-electron chi connectivity index (χ1n) is 9.19. The maximum atomic E-state index is 12.4. The fraction of sp³-hybridized carbons (Fsp3) is 0.421. The summed E-state index contributed by atoms with van der Waals surface area (Å²) in [6.07, 6.45) is 0.831. The van der Waals surface area contributed by atoms with Gasteiger partial charge in [-0.25, -0.2) is 13.1 Å². The number of piperazine rings is 1. The zero-order chi connectivity index (χ0) is 20.0. The van der Waals surface area contributed by atoms with Crippen LogP contribution in [-0.4, -0.2) is 59.1 Å². The van der Waals surface area contributed by atoms with Crippen LogP contribution in [0.5, 0.6) is 5.75 Å². The van der Waals surface area contributed by atoms with Crippen LogP contribution in [0.2, 0.25) is 0 Å².